The van der Waals surface area contributed by atoms with Gasteiger partial charge in [0.05, 0.1) is 0 Å². The highest BCUT2D eigenvalue weighted by Crippen LogP contribution is 2.45. The highest BCUT2D eigenvalue weighted by Gasteiger charge is 2.26. The molecule has 0 aromatic heterocycles. The molecule has 0 fully saturated rings. The van der Waals surface area contributed by atoms with Gasteiger partial charge in [0.1, 0.15) is 0 Å². The largest absolute Gasteiger partial charge is 0.0850 e. The van der Waals surface area contributed by atoms with E-state index in [-0.39, 0.29) is 7.92 Å². The van der Waals surface area contributed by atoms with Crippen molar-refractivity contribution in [1.29, 1.82) is 0 Å². The molecular formula is C19H21P. The van der Waals surface area contributed by atoms with E-state index in [0.29, 0.717) is 5.66 Å². The molecule has 0 saturated heterocycles. The van der Waals surface area contributed by atoms with Crippen LogP contribution < -0.4 is 10.6 Å². The zero-order chi connectivity index (χ0) is 13.9. The molecule has 0 amide bonds. The number of allylic oxidation sites excluding steroid dienone is 2. The monoisotopic (exact) mass is 280 g/mol. The van der Waals surface area contributed by atoms with Crippen LogP contribution in [0.5, 0.6) is 0 Å². The summed E-state index contributed by atoms with van der Waals surface area (Å²) in [4.78, 5) is 0. The zero-order valence-corrected chi connectivity index (χ0v) is 13.1. The van der Waals surface area contributed by atoms with Crippen molar-refractivity contribution < 1.29 is 0 Å². The summed E-state index contributed by atoms with van der Waals surface area (Å²) < 4.78 is 0. The second kappa shape index (κ2) is 5.94. The van der Waals surface area contributed by atoms with Crippen LogP contribution in [0.25, 0.3) is 0 Å². The van der Waals surface area contributed by atoms with Gasteiger partial charge < -0.3 is 0 Å². The van der Waals surface area contributed by atoms with Gasteiger partial charge in [0, 0.05) is 5.66 Å². The molecule has 3 unspecified atom stereocenters. The molecule has 1 aliphatic rings. The molecule has 1 aliphatic carbocycles. The van der Waals surface area contributed by atoms with Crippen molar-refractivity contribution >= 4 is 18.5 Å². The molecule has 0 aliphatic heterocycles. The Morgan fingerprint density at radius 3 is 2.30 bits per heavy atom. The summed E-state index contributed by atoms with van der Waals surface area (Å²) in [7, 11) is -0.282. The molecule has 0 radical (unpaired) electrons. The van der Waals surface area contributed by atoms with Gasteiger partial charge in [0.15, 0.2) is 0 Å². The smallest absolute Gasteiger partial charge is 0.00562 e. The van der Waals surface area contributed by atoms with Crippen LogP contribution in [-0.2, 0) is 0 Å². The summed E-state index contributed by atoms with van der Waals surface area (Å²) in [6, 6.07) is 20.1. The van der Waals surface area contributed by atoms with Crippen molar-refractivity contribution in [3.63, 3.8) is 0 Å². The highest BCUT2D eigenvalue weighted by molar-refractivity contribution is 7.73. The molecular weight excluding hydrogens is 259 g/mol. The SMILES string of the molecule is Cc1cccc(P(c2ccccc2)C2C=CC(C)C2)c1. The first-order valence-corrected chi connectivity index (χ1v) is 8.74. The lowest BCUT2D eigenvalue weighted by atomic mass is 10.2. The van der Waals surface area contributed by atoms with Crippen LogP contribution in [-0.4, -0.2) is 5.66 Å². The molecule has 0 bridgehead atoms. The minimum Gasteiger partial charge on any atom is -0.0850 e. The van der Waals surface area contributed by atoms with Crippen molar-refractivity contribution in [3.8, 4) is 0 Å². The van der Waals surface area contributed by atoms with Crippen LogP contribution in [0, 0.1) is 12.8 Å². The average Bonchev–Trinajstić information content (AvgIpc) is 2.87. The molecule has 2 aromatic rings. The van der Waals surface area contributed by atoms with Crippen molar-refractivity contribution in [1.82, 2.24) is 0 Å². The van der Waals surface area contributed by atoms with Crippen molar-refractivity contribution in [2.24, 2.45) is 5.92 Å². The molecule has 20 heavy (non-hydrogen) atoms. The van der Waals surface area contributed by atoms with Gasteiger partial charge in [-0.2, -0.15) is 0 Å². The molecule has 3 atom stereocenters. The van der Waals surface area contributed by atoms with E-state index in [1.165, 1.54) is 22.6 Å². The van der Waals surface area contributed by atoms with E-state index in [0.717, 1.165) is 5.92 Å². The first kappa shape index (κ1) is 13.6. The van der Waals surface area contributed by atoms with Crippen LogP contribution in [0.1, 0.15) is 18.9 Å². The third-order valence-corrected chi connectivity index (χ3v) is 6.66. The van der Waals surface area contributed by atoms with Crippen molar-refractivity contribution in [2.45, 2.75) is 25.9 Å². The summed E-state index contributed by atoms with van der Waals surface area (Å²) in [5, 5.41) is 3.01. The Labute approximate surface area is 123 Å². The number of aryl methyl sites for hydroxylation is 1. The van der Waals surface area contributed by atoms with Gasteiger partial charge in [-0.05, 0) is 37.8 Å². The van der Waals surface area contributed by atoms with Gasteiger partial charge >= 0.3 is 0 Å². The Morgan fingerprint density at radius 1 is 0.900 bits per heavy atom. The highest BCUT2D eigenvalue weighted by atomic mass is 31.1. The summed E-state index contributed by atoms with van der Waals surface area (Å²) >= 11 is 0. The molecule has 0 heterocycles. The second-order valence-corrected chi connectivity index (χ2v) is 8.15. The van der Waals surface area contributed by atoms with Crippen LogP contribution in [0.15, 0.2) is 66.7 Å². The number of benzene rings is 2. The predicted molar refractivity (Wildman–Crippen MR) is 90.5 cm³/mol. The Balaban J connectivity index is 2.02. The fourth-order valence-electron chi connectivity index (χ4n) is 2.95. The maximum atomic E-state index is 2.45. The average molecular weight is 280 g/mol. The lowest BCUT2D eigenvalue weighted by Gasteiger charge is -2.25. The summed E-state index contributed by atoms with van der Waals surface area (Å²) in [5.74, 6) is 0.721. The van der Waals surface area contributed by atoms with Gasteiger partial charge in [-0.1, -0.05) is 79.2 Å². The summed E-state index contributed by atoms with van der Waals surface area (Å²) in [6.07, 6.45) is 6.12. The summed E-state index contributed by atoms with van der Waals surface area (Å²) in [5.41, 5.74) is 2.05. The van der Waals surface area contributed by atoms with E-state index in [2.05, 4.69) is 80.6 Å². The Hall–Kier alpha value is -1.39. The minimum absolute atomic E-state index is 0.282. The quantitative estimate of drug-likeness (QED) is 0.577. The fourth-order valence-corrected chi connectivity index (χ4v) is 5.91. The number of rotatable bonds is 3. The Bertz CT molecular complexity index is 600. The van der Waals surface area contributed by atoms with E-state index >= 15 is 0 Å². The maximum Gasteiger partial charge on any atom is 0.00562 e. The van der Waals surface area contributed by atoms with Crippen LogP contribution in [0.2, 0.25) is 0 Å². The minimum atomic E-state index is -0.282. The molecule has 0 spiro atoms. The lowest BCUT2D eigenvalue weighted by Crippen LogP contribution is -2.20. The maximum absolute atomic E-state index is 2.45. The molecule has 3 rings (SSSR count). The van der Waals surface area contributed by atoms with Gasteiger partial charge in [-0.25, -0.2) is 0 Å². The van der Waals surface area contributed by atoms with Crippen molar-refractivity contribution in [3.05, 3.63) is 72.3 Å². The predicted octanol–water partition coefficient (Wildman–Crippen LogP) is 4.39. The fraction of sp³-hybridized carbons (Fsp3) is 0.263. The van der Waals surface area contributed by atoms with Gasteiger partial charge in [-0.3, -0.25) is 0 Å². The molecule has 0 nitrogen and oxygen atoms in total. The second-order valence-electron chi connectivity index (χ2n) is 5.71. The number of hydrogen-bond donors (Lipinski definition) is 0. The lowest BCUT2D eigenvalue weighted by molar-refractivity contribution is 0.707. The molecule has 2 aromatic carbocycles. The molecule has 0 saturated carbocycles. The van der Waals surface area contributed by atoms with E-state index in [1.807, 2.05) is 0 Å². The Morgan fingerprint density at radius 2 is 1.65 bits per heavy atom. The van der Waals surface area contributed by atoms with Gasteiger partial charge in [-0.15, -0.1) is 0 Å². The molecule has 1 heteroatoms. The third kappa shape index (κ3) is 2.86. The first-order valence-electron chi connectivity index (χ1n) is 7.33. The zero-order valence-electron chi connectivity index (χ0n) is 12.2. The number of hydrogen-bond acceptors (Lipinski definition) is 0. The van der Waals surface area contributed by atoms with Crippen LogP contribution in [0.4, 0.5) is 0 Å². The van der Waals surface area contributed by atoms with Crippen molar-refractivity contribution in [2.75, 3.05) is 0 Å². The summed E-state index contributed by atoms with van der Waals surface area (Å²) in [6.45, 7) is 4.51. The van der Waals surface area contributed by atoms with Crippen LogP contribution >= 0.6 is 7.92 Å². The van der Waals surface area contributed by atoms with E-state index in [9.17, 15) is 0 Å². The third-order valence-electron chi connectivity index (χ3n) is 3.92. The first-order chi connectivity index (χ1) is 9.74. The van der Waals surface area contributed by atoms with E-state index < -0.39 is 0 Å². The Kier molecular flexibility index (Phi) is 4.03. The van der Waals surface area contributed by atoms with Gasteiger partial charge in [0.25, 0.3) is 0 Å². The van der Waals surface area contributed by atoms with Crippen LogP contribution in [0.3, 0.4) is 0 Å². The van der Waals surface area contributed by atoms with E-state index in [1.54, 1.807) is 0 Å². The topological polar surface area (TPSA) is 0 Å². The van der Waals surface area contributed by atoms with Gasteiger partial charge in [0.2, 0.25) is 0 Å². The standard InChI is InChI=1S/C19H21P/c1-15-7-6-10-18(13-15)20(17-8-4-3-5-9-17)19-12-11-16(2)14-19/h3-13,16,19H,14H2,1-2H3. The molecule has 0 N–H and O–H groups in total. The normalized spacial score (nSPS) is 22.9. The molecule has 102 valence electrons. The van der Waals surface area contributed by atoms with E-state index in [4.69, 9.17) is 0 Å².